The van der Waals surface area contributed by atoms with E-state index in [1.165, 1.54) is 0 Å². The number of hydrogen-bond donors (Lipinski definition) is 1. The molecular weight excluding hydrogens is 510 g/mol. The molecule has 0 unspecified atom stereocenters. The minimum atomic E-state index is -0.921. The SMILES string of the molecule is COc1cccc([C@@H](C(=O)NCCC(C)C)N(Cc2ccc3c(c2)OCO3)C(=O)Cn2nnc3ccccc32)c1. The van der Waals surface area contributed by atoms with Gasteiger partial charge in [0, 0.05) is 13.1 Å². The third-order valence-electron chi connectivity index (χ3n) is 6.81. The van der Waals surface area contributed by atoms with Crippen LogP contribution in [0.1, 0.15) is 37.4 Å². The molecule has 0 fully saturated rings. The number of methoxy groups -OCH3 is 1. The monoisotopic (exact) mass is 543 g/mol. The number of rotatable bonds is 11. The molecular formula is C30H33N5O5. The molecule has 0 bridgehead atoms. The van der Waals surface area contributed by atoms with E-state index < -0.39 is 6.04 Å². The second-order valence-electron chi connectivity index (χ2n) is 10.1. The Morgan fingerprint density at radius 1 is 1.05 bits per heavy atom. The number of para-hydroxylation sites is 1. The molecule has 10 nitrogen and oxygen atoms in total. The number of hydrogen-bond acceptors (Lipinski definition) is 7. The molecule has 10 heteroatoms. The number of ether oxygens (including phenoxy) is 3. The predicted molar refractivity (Wildman–Crippen MR) is 149 cm³/mol. The second kappa shape index (κ2) is 12.1. The fraction of sp³-hybridized carbons (Fsp3) is 0.333. The zero-order valence-electron chi connectivity index (χ0n) is 22.9. The molecule has 0 saturated carbocycles. The van der Waals surface area contributed by atoms with Gasteiger partial charge in [-0.25, -0.2) is 4.68 Å². The van der Waals surface area contributed by atoms with Crippen LogP contribution in [0.15, 0.2) is 66.7 Å². The van der Waals surface area contributed by atoms with E-state index in [0.29, 0.717) is 40.8 Å². The Morgan fingerprint density at radius 3 is 2.70 bits per heavy atom. The molecule has 1 atom stereocenters. The number of fused-ring (bicyclic) bond motifs is 2. The van der Waals surface area contributed by atoms with E-state index >= 15 is 0 Å². The lowest BCUT2D eigenvalue weighted by Gasteiger charge is -2.32. The van der Waals surface area contributed by atoms with Crippen molar-refractivity contribution in [2.24, 2.45) is 5.92 Å². The third-order valence-corrected chi connectivity index (χ3v) is 6.81. The van der Waals surface area contributed by atoms with E-state index in [1.807, 2.05) is 60.7 Å². The van der Waals surface area contributed by atoms with E-state index in [2.05, 4.69) is 29.5 Å². The fourth-order valence-corrected chi connectivity index (χ4v) is 4.68. The molecule has 0 saturated heterocycles. The first-order valence-electron chi connectivity index (χ1n) is 13.3. The average molecular weight is 544 g/mol. The lowest BCUT2D eigenvalue weighted by Crippen LogP contribution is -2.45. The highest BCUT2D eigenvalue weighted by molar-refractivity contribution is 5.89. The van der Waals surface area contributed by atoms with Crippen molar-refractivity contribution in [3.63, 3.8) is 0 Å². The van der Waals surface area contributed by atoms with Crippen LogP contribution < -0.4 is 19.5 Å². The van der Waals surface area contributed by atoms with Crippen molar-refractivity contribution in [1.82, 2.24) is 25.2 Å². The van der Waals surface area contributed by atoms with Gasteiger partial charge in [-0.2, -0.15) is 0 Å². The molecule has 4 aromatic rings. The van der Waals surface area contributed by atoms with Gasteiger partial charge in [-0.1, -0.05) is 49.4 Å². The number of nitrogens with zero attached hydrogens (tertiary/aromatic N) is 4. The maximum atomic E-state index is 14.1. The van der Waals surface area contributed by atoms with E-state index in [0.717, 1.165) is 17.5 Å². The second-order valence-corrected chi connectivity index (χ2v) is 10.1. The molecule has 0 spiro atoms. The zero-order chi connectivity index (χ0) is 28.1. The smallest absolute Gasteiger partial charge is 0.247 e. The first kappa shape index (κ1) is 27.0. The summed E-state index contributed by atoms with van der Waals surface area (Å²) in [5, 5.41) is 11.4. The Bertz CT molecular complexity index is 1500. The quantitative estimate of drug-likeness (QED) is 0.303. The van der Waals surface area contributed by atoms with Crippen molar-refractivity contribution in [3.8, 4) is 17.2 Å². The minimum absolute atomic E-state index is 0.0925. The predicted octanol–water partition coefficient (Wildman–Crippen LogP) is 4.10. The number of benzene rings is 3. The number of carbonyl (C=O) groups excluding carboxylic acids is 2. The van der Waals surface area contributed by atoms with Crippen molar-refractivity contribution >= 4 is 22.8 Å². The van der Waals surface area contributed by atoms with Crippen LogP contribution in [0.2, 0.25) is 0 Å². The van der Waals surface area contributed by atoms with Crippen molar-refractivity contribution in [1.29, 1.82) is 0 Å². The van der Waals surface area contributed by atoms with Crippen molar-refractivity contribution in [3.05, 3.63) is 77.9 Å². The van der Waals surface area contributed by atoms with E-state index in [9.17, 15) is 9.59 Å². The van der Waals surface area contributed by atoms with Crippen molar-refractivity contribution in [2.45, 2.75) is 39.4 Å². The third kappa shape index (κ3) is 6.01. The summed E-state index contributed by atoms with van der Waals surface area (Å²) in [5.74, 6) is 1.70. The highest BCUT2D eigenvalue weighted by atomic mass is 16.7. The summed E-state index contributed by atoms with van der Waals surface area (Å²) in [4.78, 5) is 29.5. The van der Waals surface area contributed by atoms with E-state index in [1.54, 1.807) is 22.8 Å². The van der Waals surface area contributed by atoms with E-state index in [-0.39, 0.29) is 31.7 Å². The van der Waals surface area contributed by atoms with Crippen LogP contribution in [0.4, 0.5) is 0 Å². The van der Waals surface area contributed by atoms with E-state index in [4.69, 9.17) is 14.2 Å². The largest absolute Gasteiger partial charge is 0.497 e. The molecule has 0 aliphatic carbocycles. The normalized spacial score (nSPS) is 12.9. The van der Waals surface area contributed by atoms with Gasteiger partial charge < -0.3 is 24.4 Å². The number of carbonyl (C=O) groups is 2. The van der Waals surface area contributed by atoms with Crippen molar-refractivity contribution in [2.75, 3.05) is 20.4 Å². The van der Waals surface area contributed by atoms with Gasteiger partial charge in [-0.05, 0) is 59.9 Å². The maximum absolute atomic E-state index is 14.1. The van der Waals surface area contributed by atoms with Crippen LogP contribution in [0.25, 0.3) is 11.0 Å². The summed E-state index contributed by atoms with van der Waals surface area (Å²) in [6.45, 7) is 4.90. The lowest BCUT2D eigenvalue weighted by molar-refractivity contribution is -0.142. The van der Waals surface area contributed by atoms with Crippen molar-refractivity contribution < 1.29 is 23.8 Å². The molecule has 1 aromatic heterocycles. The lowest BCUT2D eigenvalue weighted by atomic mass is 10.0. The molecule has 1 aliphatic heterocycles. The molecule has 2 amide bonds. The van der Waals surface area contributed by atoms with Gasteiger partial charge in [0.15, 0.2) is 11.5 Å². The van der Waals surface area contributed by atoms with Gasteiger partial charge in [-0.15, -0.1) is 5.10 Å². The molecule has 1 N–H and O–H groups in total. The Balaban J connectivity index is 1.53. The topological polar surface area (TPSA) is 108 Å². The first-order chi connectivity index (χ1) is 19.4. The highest BCUT2D eigenvalue weighted by Gasteiger charge is 2.33. The molecule has 3 aromatic carbocycles. The van der Waals surface area contributed by atoms with Crippen LogP contribution in [-0.4, -0.2) is 52.2 Å². The summed E-state index contributed by atoms with van der Waals surface area (Å²) in [5.41, 5.74) is 2.86. The molecule has 2 heterocycles. The Labute approximate surface area is 232 Å². The summed E-state index contributed by atoms with van der Waals surface area (Å²) in [6.07, 6.45) is 0.817. The highest BCUT2D eigenvalue weighted by Crippen LogP contribution is 2.34. The maximum Gasteiger partial charge on any atom is 0.247 e. The Morgan fingerprint density at radius 2 is 1.88 bits per heavy atom. The Hall–Kier alpha value is -4.60. The molecule has 0 radical (unpaired) electrons. The first-order valence-corrected chi connectivity index (χ1v) is 13.3. The van der Waals surface area contributed by atoms with Crippen LogP contribution >= 0.6 is 0 Å². The Kier molecular flexibility index (Phi) is 8.14. The van der Waals surface area contributed by atoms with Gasteiger partial charge in [0.2, 0.25) is 18.6 Å². The number of aromatic nitrogens is 3. The van der Waals surface area contributed by atoms with Crippen LogP contribution in [0.5, 0.6) is 17.2 Å². The summed E-state index contributed by atoms with van der Waals surface area (Å²) in [6, 6.07) is 19.3. The minimum Gasteiger partial charge on any atom is -0.497 e. The van der Waals surface area contributed by atoms with Gasteiger partial charge in [0.1, 0.15) is 23.9 Å². The van der Waals surface area contributed by atoms with Gasteiger partial charge in [0.05, 0.1) is 12.6 Å². The zero-order valence-corrected chi connectivity index (χ0v) is 22.9. The number of amides is 2. The average Bonchev–Trinajstić information content (AvgIpc) is 3.59. The molecule has 208 valence electrons. The fourth-order valence-electron chi connectivity index (χ4n) is 4.68. The molecule has 40 heavy (non-hydrogen) atoms. The molecule has 5 rings (SSSR count). The summed E-state index contributed by atoms with van der Waals surface area (Å²) >= 11 is 0. The number of nitrogens with one attached hydrogen (secondary N) is 1. The summed E-state index contributed by atoms with van der Waals surface area (Å²) < 4.78 is 18.0. The van der Waals surface area contributed by atoms with Gasteiger partial charge in [0.25, 0.3) is 0 Å². The van der Waals surface area contributed by atoms with Crippen LogP contribution in [-0.2, 0) is 22.7 Å². The standard InChI is InChI=1S/C30H33N5O5/c1-20(2)13-14-31-30(37)29(22-7-6-8-23(16-22)38-3)34(17-21-11-12-26-27(15-21)40-19-39-26)28(36)18-35-25-10-5-4-9-24(25)32-33-35/h4-12,15-16,20,29H,13-14,17-19H2,1-3H3,(H,31,37)/t29-/m0/s1. The van der Waals surface area contributed by atoms with Crippen LogP contribution in [0.3, 0.4) is 0 Å². The molecule has 1 aliphatic rings. The van der Waals surface area contributed by atoms with Gasteiger partial charge >= 0.3 is 0 Å². The van der Waals surface area contributed by atoms with Gasteiger partial charge in [-0.3, -0.25) is 9.59 Å². The van der Waals surface area contributed by atoms with Crippen LogP contribution in [0, 0.1) is 5.92 Å². The summed E-state index contributed by atoms with van der Waals surface area (Å²) in [7, 11) is 1.57.